The first kappa shape index (κ1) is 14.1. The zero-order valence-corrected chi connectivity index (χ0v) is 10.9. The van der Waals surface area contributed by atoms with Crippen LogP contribution in [0.1, 0.15) is 17.7 Å². The topological polar surface area (TPSA) is 83.5 Å². The van der Waals surface area contributed by atoms with Gasteiger partial charge in [0.2, 0.25) is 10.0 Å². The quantitative estimate of drug-likeness (QED) is 0.744. The van der Waals surface area contributed by atoms with Gasteiger partial charge in [0.05, 0.1) is 5.75 Å². The van der Waals surface area contributed by atoms with Crippen molar-refractivity contribution in [3.8, 4) is 0 Å². The summed E-state index contributed by atoms with van der Waals surface area (Å²) in [6.45, 7) is 0.357. The minimum absolute atomic E-state index is 0.119. The lowest BCUT2D eigenvalue weighted by molar-refractivity contribution is -0.137. The number of carbonyl (C=O) groups is 1. The molecule has 96 valence electrons. The Labute approximate surface area is 105 Å². The van der Waals surface area contributed by atoms with Crippen molar-refractivity contribution in [1.29, 1.82) is 0 Å². The molecule has 0 fully saturated rings. The monoisotopic (exact) mass is 277 g/mol. The fourth-order valence-corrected chi connectivity index (χ4v) is 3.06. The molecular weight excluding hydrogens is 262 g/mol. The van der Waals surface area contributed by atoms with Crippen LogP contribution in [0.3, 0.4) is 0 Å². The van der Waals surface area contributed by atoms with Crippen molar-refractivity contribution >= 4 is 27.3 Å². The lowest BCUT2D eigenvalue weighted by atomic mass is 10.3. The smallest absolute Gasteiger partial charge is 0.303 e. The van der Waals surface area contributed by atoms with Gasteiger partial charge in [-0.3, -0.25) is 4.79 Å². The molecule has 2 N–H and O–H groups in total. The van der Waals surface area contributed by atoms with Crippen molar-refractivity contribution in [3.63, 3.8) is 0 Å². The first-order chi connectivity index (χ1) is 7.99. The predicted molar refractivity (Wildman–Crippen MR) is 66.7 cm³/mol. The Bertz CT molecular complexity index is 439. The fraction of sp³-hybridized carbons (Fsp3) is 0.500. The second-order valence-corrected chi connectivity index (χ2v) is 6.50. The van der Waals surface area contributed by atoms with Gasteiger partial charge in [-0.1, -0.05) is 6.07 Å². The Hall–Kier alpha value is -0.920. The number of carboxylic acids is 1. The zero-order chi connectivity index (χ0) is 12.7. The van der Waals surface area contributed by atoms with Crippen LogP contribution < -0.4 is 4.72 Å². The van der Waals surface area contributed by atoms with Gasteiger partial charge in [-0.15, -0.1) is 11.3 Å². The molecule has 0 saturated carbocycles. The molecule has 1 aromatic rings. The average Bonchev–Trinajstić information content (AvgIpc) is 2.69. The fourth-order valence-electron chi connectivity index (χ4n) is 1.27. The summed E-state index contributed by atoms with van der Waals surface area (Å²) in [4.78, 5) is 11.4. The molecule has 1 rings (SSSR count). The van der Waals surface area contributed by atoms with E-state index in [9.17, 15) is 13.2 Å². The zero-order valence-electron chi connectivity index (χ0n) is 9.26. The summed E-state index contributed by atoms with van der Waals surface area (Å²) in [5, 5.41) is 10.3. The van der Waals surface area contributed by atoms with Gasteiger partial charge in [0.15, 0.2) is 0 Å². The van der Waals surface area contributed by atoms with Gasteiger partial charge < -0.3 is 5.11 Å². The lowest BCUT2D eigenvalue weighted by Gasteiger charge is -2.04. The van der Waals surface area contributed by atoms with Crippen molar-refractivity contribution in [1.82, 2.24) is 4.72 Å². The third kappa shape index (κ3) is 6.40. The molecule has 1 heterocycles. The Balaban J connectivity index is 2.22. The first-order valence-corrected chi connectivity index (χ1v) is 7.74. The summed E-state index contributed by atoms with van der Waals surface area (Å²) in [6.07, 6.45) is 0.686. The minimum atomic E-state index is -3.34. The SMILES string of the molecule is O=C(O)CCCS(=O)(=O)NCCc1cccs1. The Morgan fingerprint density at radius 3 is 2.82 bits per heavy atom. The summed E-state index contributed by atoms with van der Waals surface area (Å²) < 4.78 is 25.3. The highest BCUT2D eigenvalue weighted by Gasteiger charge is 2.10. The van der Waals surface area contributed by atoms with Gasteiger partial charge in [0.1, 0.15) is 0 Å². The summed E-state index contributed by atoms with van der Waals surface area (Å²) in [5.41, 5.74) is 0. The van der Waals surface area contributed by atoms with Gasteiger partial charge in [-0.05, 0) is 24.3 Å². The summed E-state index contributed by atoms with van der Waals surface area (Å²) in [6, 6.07) is 3.87. The molecule has 0 bridgehead atoms. The molecule has 7 heteroatoms. The number of hydrogen-bond donors (Lipinski definition) is 2. The van der Waals surface area contributed by atoms with Gasteiger partial charge >= 0.3 is 5.97 Å². The number of thiophene rings is 1. The molecule has 5 nitrogen and oxygen atoms in total. The normalized spacial score (nSPS) is 11.5. The van der Waals surface area contributed by atoms with E-state index in [2.05, 4.69) is 4.72 Å². The van der Waals surface area contributed by atoms with E-state index in [1.807, 2.05) is 17.5 Å². The second kappa shape index (κ2) is 6.73. The van der Waals surface area contributed by atoms with Gasteiger partial charge in [0.25, 0.3) is 0 Å². The molecular formula is C10H15NO4S2. The van der Waals surface area contributed by atoms with Crippen molar-refractivity contribution in [3.05, 3.63) is 22.4 Å². The highest BCUT2D eigenvalue weighted by Crippen LogP contribution is 2.08. The maximum atomic E-state index is 11.4. The van der Waals surface area contributed by atoms with Crippen LogP contribution in [0.4, 0.5) is 0 Å². The molecule has 0 radical (unpaired) electrons. The highest BCUT2D eigenvalue weighted by molar-refractivity contribution is 7.89. The highest BCUT2D eigenvalue weighted by atomic mass is 32.2. The first-order valence-electron chi connectivity index (χ1n) is 5.21. The van der Waals surface area contributed by atoms with E-state index in [-0.39, 0.29) is 18.6 Å². The van der Waals surface area contributed by atoms with Gasteiger partial charge in [-0.25, -0.2) is 13.1 Å². The molecule has 0 saturated heterocycles. The van der Waals surface area contributed by atoms with Crippen LogP contribution in [0.15, 0.2) is 17.5 Å². The molecule has 0 amide bonds. The third-order valence-electron chi connectivity index (χ3n) is 2.08. The predicted octanol–water partition coefficient (Wildman–Crippen LogP) is 1.07. The maximum absolute atomic E-state index is 11.4. The number of rotatable bonds is 8. The number of sulfonamides is 1. The van der Waals surface area contributed by atoms with E-state index in [4.69, 9.17) is 5.11 Å². The molecule has 0 spiro atoms. The molecule has 0 aliphatic carbocycles. The van der Waals surface area contributed by atoms with Crippen LogP contribution in [-0.4, -0.2) is 31.8 Å². The molecule has 17 heavy (non-hydrogen) atoms. The summed E-state index contributed by atoms with van der Waals surface area (Å²) >= 11 is 1.58. The minimum Gasteiger partial charge on any atom is -0.481 e. The van der Waals surface area contributed by atoms with Crippen molar-refractivity contribution in [2.75, 3.05) is 12.3 Å². The number of carboxylic acid groups (broad SMARTS) is 1. The van der Waals surface area contributed by atoms with Gasteiger partial charge in [0, 0.05) is 17.8 Å². The van der Waals surface area contributed by atoms with Crippen LogP contribution >= 0.6 is 11.3 Å². The van der Waals surface area contributed by atoms with Crippen LogP contribution in [0.25, 0.3) is 0 Å². The van der Waals surface area contributed by atoms with E-state index in [1.165, 1.54) is 0 Å². The van der Waals surface area contributed by atoms with Crippen molar-refractivity contribution in [2.45, 2.75) is 19.3 Å². The van der Waals surface area contributed by atoms with Crippen LogP contribution in [0.5, 0.6) is 0 Å². The molecule has 0 atom stereocenters. The number of nitrogens with one attached hydrogen (secondary N) is 1. The van der Waals surface area contributed by atoms with E-state index in [1.54, 1.807) is 11.3 Å². The standard InChI is InChI=1S/C10H15NO4S2/c12-10(13)4-2-8-17(14,15)11-6-5-9-3-1-7-16-9/h1,3,7,11H,2,4-6,8H2,(H,12,13). The average molecular weight is 277 g/mol. The van der Waals surface area contributed by atoms with E-state index >= 15 is 0 Å². The largest absolute Gasteiger partial charge is 0.481 e. The van der Waals surface area contributed by atoms with E-state index in [0.29, 0.717) is 13.0 Å². The summed E-state index contributed by atoms with van der Waals surface area (Å²) in [5.74, 6) is -1.11. The molecule has 0 aromatic carbocycles. The lowest BCUT2D eigenvalue weighted by Crippen LogP contribution is -2.28. The van der Waals surface area contributed by atoms with Crippen molar-refractivity contribution in [2.24, 2.45) is 0 Å². The second-order valence-electron chi connectivity index (χ2n) is 3.54. The van der Waals surface area contributed by atoms with Crippen LogP contribution in [-0.2, 0) is 21.2 Å². The number of aliphatic carboxylic acids is 1. The van der Waals surface area contributed by atoms with E-state index in [0.717, 1.165) is 4.88 Å². The molecule has 0 aliphatic rings. The number of hydrogen-bond acceptors (Lipinski definition) is 4. The maximum Gasteiger partial charge on any atom is 0.303 e. The van der Waals surface area contributed by atoms with E-state index < -0.39 is 16.0 Å². The Kier molecular flexibility index (Phi) is 5.60. The summed E-state index contributed by atoms with van der Waals surface area (Å²) in [7, 11) is -3.34. The Morgan fingerprint density at radius 1 is 1.47 bits per heavy atom. The van der Waals surface area contributed by atoms with Gasteiger partial charge in [-0.2, -0.15) is 0 Å². The molecule has 0 unspecified atom stereocenters. The van der Waals surface area contributed by atoms with Crippen molar-refractivity contribution < 1.29 is 18.3 Å². The third-order valence-corrected chi connectivity index (χ3v) is 4.48. The Morgan fingerprint density at radius 2 is 2.24 bits per heavy atom. The van der Waals surface area contributed by atoms with Crippen LogP contribution in [0, 0.1) is 0 Å². The molecule has 1 aromatic heterocycles. The molecule has 0 aliphatic heterocycles. The van der Waals surface area contributed by atoms with Crippen LogP contribution in [0.2, 0.25) is 0 Å².